The molecule has 0 aliphatic carbocycles. The Labute approximate surface area is 198 Å². The third kappa shape index (κ3) is 3.93. The number of carbonyl (C=O) groups is 1. The quantitative estimate of drug-likeness (QED) is 0.650. The number of aliphatic hydroxyl groups excluding tert-OH is 1. The van der Waals surface area contributed by atoms with Crippen LogP contribution < -0.4 is 19.3 Å². The van der Waals surface area contributed by atoms with Gasteiger partial charge in [-0.2, -0.15) is 18.4 Å². The van der Waals surface area contributed by atoms with Gasteiger partial charge < -0.3 is 19.5 Å². The molecule has 2 heterocycles. The number of aliphatic hydroxyl groups is 1. The highest BCUT2D eigenvalue weighted by Crippen LogP contribution is 2.42. The van der Waals surface area contributed by atoms with Crippen molar-refractivity contribution < 1.29 is 32.5 Å². The highest BCUT2D eigenvalue weighted by atomic mass is 32.1. The molecule has 2 aromatic rings. The van der Waals surface area contributed by atoms with E-state index in [4.69, 9.17) is 27.0 Å². The lowest BCUT2D eigenvalue weighted by molar-refractivity contribution is -0.137. The number of nitriles is 1. The number of carbonyl (C=O) groups excluding carboxylic acids is 1. The Bertz CT molecular complexity index is 1210. The molecule has 178 valence electrons. The van der Waals surface area contributed by atoms with Gasteiger partial charge in [0.15, 0.2) is 16.6 Å². The summed E-state index contributed by atoms with van der Waals surface area (Å²) in [5, 5.41) is 18.5. The van der Waals surface area contributed by atoms with E-state index in [1.165, 1.54) is 17.0 Å². The van der Waals surface area contributed by atoms with Gasteiger partial charge in [-0.3, -0.25) is 9.69 Å². The Hall–Kier alpha value is -3.36. The van der Waals surface area contributed by atoms with E-state index in [9.17, 15) is 23.1 Å². The first-order valence-electron chi connectivity index (χ1n) is 10.3. The number of hydrogen-bond acceptors (Lipinski definition) is 6. The maximum atomic E-state index is 13.5. The maximum absolute atomic E-state index is 13.5. The number of halogens is 3. The molecule has 1 amide bonds. The Morgan fingerprint density at radius 1 is 1.21 bits per heavy atom. The topological polar surface area (TPSA) is 86.0 Å². The van der Waals surface area contributed by atoms with Crippen LogP contribution in [0.15, 0.2) is 36.4 Å². The van der Waals surface area contributed by atoms with E-state index < -0.39 is 34.9 Å². The largest absolute Gasteiger partial charge is 0.489 e. The summed E-state index contributed by atoms with van der Waals surface area (Å²) in [7, 11) is 0. The fourth-order valence-electron chi connectivity index (χ4n) is 3.97. The van der Waals surface area contributed by atoms with Crippen molar-refractivity contribution in [2.75, 3.05) is 23.0 Å². The summed E-state index contributed by atoms with van der Waals surface area (Å²) < 4.78 is 52.0. The highest BCUT2D eigenvalue weighted by molar-refractivity contribution is 7.81. The lowest BCUT2D eigenvalue weighted by Gasteiger charge is -2.30. The summed E-state index contributed by atoms with van der Waals surface area (Å²) >= 11 is 5.55. The Kier molecular flexibility index (Phi) is 5.91. The number of alkyl halides is 3. The molecule has 1 atom stereocenters. The average molecular weight is 491 g/mol. The van der Waals surface area contributed by atoms with E-state index in [1.54, 1.807) is 32.0 Å². The first-order valence-corrected chi connectivity index (χ1v) is 10.7. The van der Waals surface area contributed by atoms with Crippen LogP contribution in [0.25, 0.3) is 0 Å². The Balaban J connectivity index is 1.74. The van der Waals surface area contributed by atoms with Crippen molar-refractivity contribution in [1.29, 1.82) is 5.26 Å². The van der Waals surface area contributed by atoms with Gasteiger partial charge >= 0.3 is 6.18 Å². The lowest BCUT2D eigenvalue weighted by Crippen LogP contribution is -2.44. The fraction of sp³-hybridized carbons (Fsp3) is 0.348. The van der Waals surface area contributed by atoms with Gasteiger partial charge in [0.1, 0.15) is 11.6 Å². The number of fused-ring (bicyclic) bond motifs is 1. The number of amides is 1. The molecule has 4 rings (SSSR count). The SMILES string of the molecule is CC1(C)C(=O)N(c2ccc(C#N)c(C(F)(F)F)c2)C(=S)N1c1ccc2c(c1)OCC[C@@H](CO)O2. The van der Waals surface area contributed by atoms with Gasteiger partial charge in [-0.1, -0.05) is 0 Å². The first kappa shape index (κ1) is 23.8. The second-order valence-electron chi connectivity index (χ2n) is 8.35. The van der Waals surface area contributed by atoms with Gasteiger partial charge in [0, 0.05) is 18.2 Å². The molecule has 1 saturated heterocycles. The van der Waals surface area contributed by atoms with Crippen LogP contribution >= 0.6 is 12.2 Å². The number of thiocarbonyl (C=S) groups is 1. The third-order valence-corrected chi connectivity index (χ3v) is 6.10. The van der Waals surface area contributed by atoms with Gasteiger partial charge in [0.25, 0.3) is 5.91 Å². The minimum absolute atomic E-state index is 0.0180. The monoisotopic (exact) mass is 491 g/mol. The van der Waals surface area contributed by atoms with Crippen molar-refractivity contribution in [3.05, 3.63) is 47.5 Å². The molecule has 34 heavy (non-hydrogen) atoms. The zero-order chi connectivity index (χ0) is 24.8. The molecular weight excluding hydrogens is 471 g/mol. The van der Waals surface area contributed by atoms with E-state index >= 15 is 0 Å². The van der Waals surface area contributed by atoms with Crippen LogP contribution in [0.2, 0.25) is 0 Å². The van der Waals surface area contributed by atoms with Crippen LogP contribution in [0.4, 0.5) is 24.5 Å². The Morgan fingerprint density at radius 3 is 2.56 bits per heavy atom. The predicted octanol–water partition coefficient (Wildman–Crippen LogP) is 4.02. The van der Waals surface area contributed by atoms with Gasteiger partial charge in [-0.15, -0.1) is 0 Å². The first-order chi connectivity index (χ1) is 16.0. The molecule has 2 aliphatic rings. The number of nitrogens with zero attached hydrogens (tertiary/aromatic N) is 3. The van der Waals surface area contributed by atoms with Crippen LogP contribution in [0.1, 0.15) is 31.4 Å². The second-order valence-corrected chi connectivity index (χ2v) is 8.71. The summed E-state index contributed by atoms with van der Waals surface area (Å²) in [6, 6.07) is 9.50. The zero-order valence-corrected chi connectivity index (χ0v) is 19.0. The molecule has 1 fully saturated rings. The lowest BCUT2D eigenvalue weighted by atomic mass is 10.0. The minimum Gasteiger partial charge on any atom is -0.489 e. The number of hydrogen-bond donors (Lipinski definition) is 1. The van der Waals surface area contributed by atoms with Gasteiger partial charge in [-0.25, -0.2) is 0 Å². The molecule has 0 saturated carbocycles. The minimum atomic E-state index is -4.78. The summed E-state index contributed by atoms with van der Waals surface area (Å²) in [6.45, 7) is 3.37. The van der Waals surface area contributed by atoms with Crippen molar-refractivity contribution >= 4 is 34.6 Å². The summed E-state index contributed by atoms with van der Waals surface area (Å²) in [4.78, 5) is 15.9. The molecular formula is C23H20F3N3O4S. The normalized spacial score (nSPS) is 19.7. The number of ether oxygens (including phenoxy) is 2. The van der Waals surface area contributed by atoms with Crippen LogP contribution in [0.5, 0.6) is 11.5 Å². The fourth-order valence-corrected chi connectivity index (χ4v) is 4.49. The molecule has 1 N–H and O–H groups in total. The van der Waals surface area contributed by atoms with Crippen molar-refractivity contribution in [2.45, 2.75) is 38.1 Å². The number of rotatable bonds is 3. The summed E-state index contributed by atoms with van der Waals surface area (Å²) in [6.07, 6.45) is -4.70. The van der Waals surface area contributed by atoms with E-state index in [0.29, 0.717) is 30.2 Å². The second kappa shape index (κ2) is 8.45. The summed E-state index contributed by atoms with van der Waals surface area (Å²) in [5.41, 5.74) is -2.52. The molecule has 2 aliphatic heterocycles. The molecule has 0 spiro atoms. The third-order valence-electron chi connectivity index (χ3n) is 5.74. The van der Waals surface area contributed by atoms with Gasteiger partial charge in [0.2, 0.25) is 0 Å². The molecule has 0 bridgehead atoms. The number of anilines is 2. The highest BCUT2D eigenvalue weighted by Gasteiger charge is 2.51. The predicted molar refractivity (Wildman–Crippen MR) is 121 cm³/mol. The zero-order valence-electron chi connectivity index (χ0n) is 18.2. The maximum Gasteiger partial charge on any atom is 0.417 e. The molecule has 0 radical (unpaired) electrons. The van der Waals surface area contributed by atoms with Crippen molar-refractivity contribution in [3.8, 4) is 17.6 Å². The molecule has 0 aromatic heterocycles. The van der Waals surface area contributed by atoms with E-state index in [2.05, 4.69) is 0 Å². The molecule has 0 unspecified atom stereocenters. The molecule has 2 aromatic carbocycles. The van der Waals surface area contributed by atoms with E-state index in [1.807, 2.05) is 0 Å². The average Bonchev–Trinajstić information content (AvgIpc) is 2.92. The molecule has 7 nitrogen and oxygen atoms in total. The van der Waals surface area contributed by atoms with Crippen LogP contribution in [0.3, 0.4) is 0 Å². The van der Waals surface area contributed by atoms with Crippen LogP contribution in [-0.4, -0.2) is 41.0 Å². The smallest absolute Gasteiger partial charge is 0.417 e. The standard InChI is InChI=1S/C23H20F3N3O4S/c1-22(2)20(31)28(14-4-3-13(11-27)17(9-14)23(24,25)26)21(34)29(22)15-5-6-18-19(10-15)32-8-7-16(12-30)33-18/h3-6,9-10,16,30H,7-8,12H2,1-2H3/t16-/m0/s1. The molecule has 11 heteroatoms. The van der Waals surface area contributed by atoms with Crippen molar-refractivity contribution in [2.24, 2.45) is 0 Å². The van der Waals surface area contributed by atoms with Crippen molar-refractivity contribution in [3.63, 3.8) is 0 Å². The summed E-state index contributed by atoms with van der Waals surface area (Å²) in [5.74, 6) is 0.298. The van der Waals surface area contributed by atoms with Crippen LogP contribution in [0, 0.1) is 11.3 Å². The van der Waals surface area contributed by atoms with E-state index in [-0.39, 0.29) is 17.4 Å². The Morgan fingerprint density at radius 2 is 1.91 bits per heavy atom. The van der Waals surface area contributed by atoms with Gasteiger partial charge in [-0.05, 0) is 56.4 Å². The van der Waals surface area contributed by atoms with Gasteiger partial charge in [0.05, 0.1) is 36.1 Å². The van der Waals surface area contributed by atoms with E-state index in [0.717, 1.165) is 17.0 Å². The van der Waals surface area contributed by atoms with Crippen LogP contribution in [-0.2, 0) is 11.0 Å². The van der Waals surface area contributed by atoms with Crippen molar-refractivity contribution in [1.82, 2.24) is 0 Å². The number of benzene rings is 2.